The van der Waals surface area contributed by atoms with E-state index in [0.29, 0.717) is 10.6 Å². The van der Waals surface area contributed by atoms with Crippen molar-refractivity contribution in [1.29, 1.82) is 5.26 Å². The van der Waals surface area contributed by atoms with Crippen LogP contribution < -0.4 is 4.90 Å². The Bertz CT molecular complexity index is 495. The minimum Gasteiger partial charge on any atom is -0.354 e. The average Bonchev–Trinajstić information content (AvgIpc) is 2.74. The van der Waals surface area contributed by atoms with Gasteiger partial charge in [0.25, 0.3) is 0 Å². The Kier molecular flexibility index (Phi) is 3.79. The molecule has 1 aliphatic rings. The maximum Gasteiger partial charge on any atom is 0.127 e. The van der Waals surface area contributed by atoms with Crippen LogP contribution in [0.15, 0.2) is 12.1 Å². The lowest BCUT2D eigenvalue weighted by molar-refractivity contribution is 0.0576. The second kappa shape index (κ2) is 5.17. The smallest absolute Gasteiger partial charge is 0.127 e. The standard InChI is InChI=1S/C14H17ClN2O/c1-4-12-8-17(10(3)18-12)13-6-5-11(7-16)14(15)9(13)2/h5-6,10,12H,4,8H2,1-3H3/t10-,12-/m1/s1. The molecule has 1 saturated heterocycles. The van der Waals surface area contributed by atoms with Crippen LogP contribution in [0.3, 0.4) is 0 Å². The summed E-state index contributed by atoms with van der Waals surface area (Å²) in [5, 5.41) is 9.50. The fourth-order valence-corrected chi connectivity index (χ4v) is 2.56. The fourth-order valence-electron chi connectivity index (χ4n) is 2.35. The first kappa shape index (κ1) is 13.2. The van der Waals surface area contributed by atoms with Crippen molar-refractivity contribution in [2.75, 3.05) is 11.4 Å². The van der Waals surface area contributed by atoms with E-state index >= 15 is 0 Å². The van der Waals surface area contributed by atoms with Crippen LogP contribution >= 0.6 is 11.6 Å². The topological polar surface area (TPSA) is 36.3 Å². The number of hydrogen-bond donors (Lipinski definition) is 0. The Hall–Kier alpha value is -1.24. The van der Waals surface area contributed by atoms with E-state index in [2.05, 4.69) is 17.9 Å². The number of halogens is 1. The lowest BCUT2D eigenvalue weighted by atomic mass is 10.1. The summed E-state index contributed by atoms with van der Waals surface area (Å²) in [7, 11) is 0. The highest BCUT2D eigenvalue weighted by molar-refractivity contribution is 6.32. The molecule has 18 heavy (non-hydrogen) atoms. The predicted octanol–water partition coefficient (Wildman–Crippen LogP) is 3.48. The van der Waals surface area contributed by atoms with Gasteiger partial charge in [0.1, 0.15) is 12.3 Å². The van der Waals surface area contributed by atoms with Gasteiger partial charge in [0.15, 0.2) is 0 Å². The molecule has 0 spiro atoms. The molecule has 4 heteroatoms. The molecule has 96 valence electrons. The predicted molar refractivity (Wildman–Crippen MR) is 72.9 cm³/mol. The Labute approximate surface area is 113 Å². The number of nitrogens with zero attached hydrogens (tertiary/aromatic N) is 2. The second-order valence-corrected chi connectivity index (χ2v) is 4.98. The first-order valence-electron chi connectivity index (χ1n) is 6.19. The molecule has 2 atom stereocenters. The van der Waals surface area contributed by atoms with E-state index in [1.807, 2.05) is 19.9 Å². The van der Waals surface area contributed by atoms with Gasteiger partial charge in [-0.25, -0.2) is 0 Å². The maximum absolute atomic E-state index is 8.96. The van der Waals surface area contributed by atoms with Crippen molar-refractivity contribution in [3.63, 3.8) is 0 Å². The van der Waals surface area contributed by atoms with Crippen LogP contribution in [-0.4, -0.2) is 18.9 Å². The van der Waals surface area contributed by atoms with Gasteiger partial charge in [0.05, 0.1) is 16.7 Å². The van der Waals surface area contributed by atoms with Crippen LogP contribution in [0.2, 0.25) is 5.02 Å². The number of rotatable bonds is 2. The Morgan fingerprint density at radius 3 is 2.83 bits per heavy atom. The highest BCUT2D eigenvalue weighted by Gasteiger charge is 2.30. The summed E-state index contributed by atoms with van der Waals surface area (Å²) < 4.78 is 5.85. The molecule has 0 unspecified atom stereocenters. The summed E-state index contributed by atoms with van der Waals surface area (Å²) in [4.78, 5) is 2.20. The first-order chi connectivity index (χ1) is 8.58. The van der Waals surface area contributed by atoms with Gasteiger partial charge in [-0.2, -0.15) is 5.26 Å². The number of hydrogen-bond acceptors (Lipinski definition) is 3. The van der Waals surface area contributed by atoms with Crippen molar-refractivity contribution in [2.24, 2.45) is 0 Å². The van der Waals surface area contributed by atoms with Gasteiger partial charge in [0.2, 0.25) is 0 Å². The SMILES string of the molecule is CC[C@@H]1CN(c2ccc(C#N)c(Cl)c2C)[C@@H](C)O1. The van der Waals surface area contributed by atoms with Crippen LogP contribution in [0.4, 0.5) is 5.69 Å². The lowest BCUT2D eigenvalue weighted by Crippen LogP contribution is -2.28. The van der Waals surface area contributed by atoms with Crippen LogP contribution in [0, 0.1) is 18.3 Å². The third-order valence-electron chi connectivity index (χ3n) is 3.47. The zero-order chi connectivity index (χ0) is 13.3. The molecule has 3 nitrogen and oxygen atoms in total. The van der Waals surface area contributed by atoms with Crippen molar-refractivity contribution in [3.05, 3.63) is 28.3 Å². The number of anilines is 1. The second-order valence-electron chi connectivity index (χ2n) is 4.60. The van der Waals surface area contributed by atoms with Crippen LogP contribution in [0.25, 0.3) is 0 Å². The van der Waals surface area contributed by atoms with Crippen LogP contribution in [0.5, 0.6) is 0 Å². The largest absolute Gasteiger partial charge is 0.354 e. The van der Waals surface area contributed by atoms with Crippen molar-refractivity contribution >= 4 is 17.3 Å². The molecule has 0 aromatic heterocycles. The monoisotopic (exact) mass is 264 g/mol. The zero-order valence-corrected chi connectivity index (χ0v) is 11.7. The molecule has 0 saturated carbocycles. The molecular weight excluding hydrogens is 248 g/mol. The third-order valence-corrected chi connectivity index (χ3v) is 3.96. The molecule has 0 amide bonds. The van der Waals surface area contributed by atoms with Crippen molar-refractivity contribution < 1.29 is 4.74 Å². The highest BCUT2D eigenvalue weighted by atomic mass is 35.5. The van der Waals surface area contributed by atoms with Crippen LogP contribution in [-0.2, 0) is 4.74 Å². The van der Waals surface area contributed by atoms with Gasteiger partial charge in [0, 0.05) is 12.2 Å². The summed E-state index contributed by atoms with van der Waals surface area (Å²) in [5.74, 6) is 0. The van der Waals surface area contributed by atoms with Crippen molar-refractivity contribution in [3.8, 4) is 6.07 Å². The summed E-state index contributed by atoms with van der Waals surface area (Å²) in [6, 6.07) is 5.83. The number of ether oxygens (including phenoxy) is 1. The Morgan fingerprint density at radius 2 is 2.28 bits per heavy atom. The average molecular weight is 265 g/mol. The maximum atomic E-state index is 8.96. The van der Waals surface area contributed by atoms with Gasteiger partial charge in [-0.05, 0) is 38.0 Å². The van der Waals surface area contributed by atoms with E-state index in [1.54, 1.807) is 6.07 Å². The molecule has 1 heterocycles. The van der Waals surface area contributed by atoms with Gasteiger partial charge < -0.3 is 9.64 Å². The Balaban J connectivity index is 2.35. The Morgan fingerprint density at radius 1 is 1.56 bits per heavy atom. The van der Waals surface area contributed by atoms with E-state index in [4.69, 9.17) is 21.6 Å². The van der Waals surface area contributed by atoms with Crippen LogP contribution in [0.1, 0.15) is 31.4 Å². The molecule has 0 bridgehead atoms. The van der Waals surface area contributed by atoms with Gasteiger partial charge in [-0.1, -0.05) is 18.5 Å². The summed E-state index contributed by atoms with van der Waals surface area (Å²) in [5.41, 5.74) is 2.53. The number of benzene rings is 1. The minimum absolute atomic E-state index is 0.0534. The molecule has 2 rings (SSSR count). The summed E-state index contributed by atoms with van der Waals surface area (Å²) >= 11 is 6.20. The quantitative estimate of drug-likeness (QED) is 0.821. The highest BCUT2D eigenvalue weighted by Crippen LogP contribution is 2.33. The molecule has 0 radical (unpaired) electrons. The number of nitriles is 1. The van der Waals surface area contributed by atoms with Crippen molar-refractivity contribution in [2.45, 2.75) is 39.5 Å². The third kappa shape index (κ3) is 2.19. The fraction of sp³-hybridized carbons (Fsp3) is 0.500. The van der Waals surface area contributed by atoms with E-state index in [-0.39, 0.29) is 12.3 Å². The summed E-state index contributed by atoms with van der Waals surface area (Å²) in [6.45, 7) is 6.99. The van der Waals surface area contributed by atoms with E-state index < -0.39 is 0 Å². The minimum atomic E-state index is 0.0534. The molecule has 0 aliphatic carbocycles. The summed E-state index contributed by atoms with van der Waals surface area (Å²) in [6.07, 6.45) is 1.33. The lowest BCUT2D eigenvalue weighted by Gasteiger charge is -2.24. The first-order valence-corrected chi connectivity index (χ1v) is 6.57. The van der Waals surface area contributed by atoms with Crippen molar-refractivity contribution in [1.82, 2.24) is 0 Å². The van der Waals surface area contributed by atoms with Gasteiger partial charge in [-0.15, -0.1) is 0 Å². The van der Waals surface area contributed by atoms with Gasteiger partial charge in [-0.3, -0.25) is 0 Å². The molecule has 1 aliphatic heterocycles. The molecule has 1 aromatic rings. The molecule has 1 aromatic carbocycles. The normalized spacial score (nSPS) is 23.2. The molecule has 0 N–H and O–H groups in total. The van der Waals surface area contributed by atoms with E-state index in [9.17, 15) is 0 Å². The van der Waals surface area contributed by atoms with Gasteiger partial charge >= 0.3 is 0 Å². The van der Waals surface area contributed by atoms with E-state index in [1.165, 1.54) is 0 Å². The molecule has 1 fully saturated rings. The van der Waals surface area contributed by atoms with E-state index in [0.717, 1.165) is 24.2 Å². The molecular formula is C14H17ClN2O. The zero-order valence-electron chi connectivity index (χ0n) is 10.9.